The second-order valence-corrected chi connectivity index (χ2v) is 10.5. The Morgan fingerprint density at radius 2 is 1.66 bits per heavy atom. The second-order valence-electron chi connectivity index (χ2n) is 10.1. The predicted molar refractivity (Wildman–Crippen MR) is 137 cm³/mol. The largest absolute Gasteiger partial charge is 0.384 e. The van der Waals surface area contributed by atoms with Crippen LogP contribution in [-0.4, -0.2) is 46.7 Å². The Bertz CT molecular complexity index is 1100. The highest BCUT2D eigenvalue weighted by Crippen LogP contribution is 2.46. The van der Waals surface area contributed by atoms with Gasteiger partial charge in [0.25, 0.3) is 0 Å². The summed E-state index contributed by atoms with van der Waals surface area (Å²) >= 11 is 6.02. The molecule has 6 nitrogen and oxygen atoms in total. The molecule has 1 saturated heterocycles. The maximum Gasteiger partial charge on any atom is 0.245 e. The number of carbonyl (C=O) groups excluding carboxylic acids is 3. The lowest BCUT2D eigenvalue weighted by Gasteiger charge is -2.51. The first-order chi connectivity index (χ1) is 16.4. The highest BCUT2D eigenvalue weighted by Gasteiger charge is 2.50. The molecule has 2 atom stereocenters. The molecule has 35 heavy (non-hydrogen) atoms. The van der Waals surface area contributed by atoms with Gasteiger partial charge in [-0.1, -0.05) is 81.8 Å². The summed E-state index contributed by atoms with van der Waals surface area (Å²) in [5, 5.41) is 14.9. The van der Waals surface area contributed by atoms with Crippen molar-refractivity contribution in [3.8, 4) is 0 Å². The molecule has 1 aliphatic rings. The minimum Gasteiger partial charge on any atom is -0.384 e. The lowest BCUT2D eigenvalue weighted by atomic mass is 9.66. The van der Waals surface area contributed by atoms with Gasteiger partial charge >= 0.3 is 0 Å². The molecular weight excluding hydrogens is 464 g/mol. The van der Waals surface area contributed by atoms with Crippen LogP contribution in [0.25, 0.3) is 0 Å². The second kappa shape index (κ2) is 10.8. The summed E-state index contributed by atoms with van der Waals surface area (Å²) in [6, 6.07) is 15.1. The standard InChI is InChI=1S/C28H33ClN2O4/c1-19(2)25(30-24(33)15-14-23(32)20-8-6-5-7-9-20)26(34)31-17-16-28(35,27(3,4)18-31)21-10-12-22(29)13-11-21/h5-15,19,25,35H,16-18H2,1-4H3,(H,30,33)/t25-,28+/m1/s1. The number of rotatable bonds is 7. The van der Waals surface area contributed by atoms with Crippen LogP contribution in [0.3, 0.4) is 0 Å². The molecule has 0 spiro atoms. The molecular formula is C28H33ClN2O4. The molecule has 2 N–H and O–H groups in total. The highest BCUT2D eigenvalue weighted by molar-refractivity contribution is 6.30. The van der Waals surface area contributed by atoms with Gasteiger partial charge in [0.15, 0.2) is 5.78 Å². The molecule has 186 valence electrons. The Labute approximate surface area is 212 Å². The van der Waals surface area contributed by atoms with Crippen molar-refractivity contribution >= 4 is 29.2 Å². The van der Waals surface area contributed by atoms with Crippen molar-refractivity contribution in [3.05, 3.63) is 82.9 Å². The molecule has 0 aromatic heterocycles. The van der Waals surface area contributed by atoms with Crippen LogP contribution in [0.4, 0.5) is 0 Å². The van der Waals surface area contributed by atoms with Gasteiger partial charge in [-0.05, 0) is 36.1 Å². The number of likely N-dealkylation sites (tertiary alicyclic amines) is 1. The minimum atomic E-state index is -1.12. The van der Waals surface area contributed by atoms with Gasteiger partial charge in [-0.2, -0.15) is 0 Å². The number of nitrogens with one attached hydrogen (secondary N) is 1. The van der Waals surface area contributed by atoms with E-state index in [1.807, 2.05) is 45.9 Å². The molecule has 0 bridgehead atoms. The van der Waals surface area contributed by atoms with Crippen molar-refractivity contribution in [1.29, 1.82) is 0 Å². The molecule has 1 heterocycles. The van der Waals surface area contributed by atoms with Crippen LogP contribution < -0.4 is 5.32 Å². The summed E-state index contributed by atoms with van der Waals surface area (Å²) in [6.07, 6.45) is 2.73. The molecule has 2 aromatic carbocycles. The van der Waals surface area contributed by atoms with Crippen molar-refractivity contribution in [2.45, 2.75) is 45.8 Å². The number of hydrogen-bond acceptors (Lipinski definition) is 4. The number of aliphatic hydroxyl groups is 1. The molecule has 2 amide bonds. The van der Waals surface area contributed by atoms with E-state index in [2.05, 4.69) is 5.32 Å². The van der Waals surface area contributed by atoms with Gasteiger partial charge in [-0.25, -0.2) is 0 Å². The van der Waals surface area contributed by atoms with Crippen molar-refractivity contribution in [1.82, 2.24) is 10.2 Å². The molecule has 3 rings (SSSR count). The van der Waals surface area contributed by atoms with Crippen molar-refractivity contribution in [2.75, 3.05) is 13.1 Å². The van der Waals surface area contributed by atoms with E-state index in [0.29, 0.717) is 30.1 Å². The van der Waals surface area contributed by atoms with E-state index in [-0.39, 0.29) is 17.6 Å². The van der Waals surface area contributed by atoms with E-state index in [4.69, 9.17) is 11.6 Å². The third kappa shape index (κ3) is 6.00. The van der Waals surface area contributed by atoms with Crippen LogP contribution >= 0.6 is 11.6 Å². The molecule has 0 saturated carbocycles. The number of amides is 2. The highest BCUT2D eigenvalue weighted by atomic mass is 35.5. The van der Waals surface area contributed by atoms with Crippen LogP contribution in [0.2, 0.25) is 5.02 Å². The van der Waals surface area contributed by atoms with Crippen molar-refractivity contribution in [3.63, 3.8) is 0 Å². The van der Waals surface area contributed by atoms with Gasteiger partial charge in [0.2, 0.25) is 11.8 Å². The summed E-state index contributed by atoms with van der Waals surface area (Å²) in [5.74, 6) is -1.16. The Morgan fingerprint density at radius 3 is 2.23 bits per heavy atom. The molecule has 0 unspecified atom stereocenters. The zero-order valence-electron chi connectivity index (χ0n) is 20.6. The number of ketones is 1. The lowest BCUT2D eigenvalue weighted by molar-refractivity contribution is -0.156. The zero-order valence-corrected chi connectivity index (χ0v) is 21.4. The maximum absolute atomic E-state index is 13.4. The fourth-order valence-corrected chi connectivity index (χ4v) is 4.66. The Morgan fingerprint density at radius 1 is 1.03 bits per heavy atom. The fourth-order valence-electron chi connectivity index (χ4n) is 4.53. The Kier molecular flexibility index (Phi) is 8.18. The molecule has 7 heteroatoms. The predicted octanol–water partition coefficient (Wildman–Crippen LogP) is 4.37. The summed E-state index contributed by atoms with van der Waals surface area (Å²) in [6.45, 7) is 8.26. The molecule has 0 radical (unpaired) electrons. The first-order valence-corrected chi connectivity index (χ1v) is 12.2. The average molecular weight is 497 g/mol. The van der Waals surface area contributed by atoms with Crippen molar-refractivity contribution in [2.24, 2.45) is 11.3 Å². The van der Waals surface area contributed by atoms with Crippen LogP contribution in [0.5, 0.6) is 0 Å². The van der Waals surface area contributed by atoms with E-state index >= 15 is 0 Å². The first kappa shape index (κ1) is 26.6. The van der Waals surface area contributed by atoms with Gasteiger partial charge < -0.3 is 15.3 Å². The van der Waals surface area contributed by atoms with Crippen LogP contribution in [0.15, 0.2) is 66.7 Å². The van der Waals surface area contributed by atoms with Gasteiger partial charge in [-0.3, -0.25) is 14.4 Å². The molecule has 0 aliphatic carbocycles. The van der Waals surface area contributed by atoms with E-state index in [1.165, 1.54) is 6.08 Å². The van der Waals surface area contributed by atoms with E-state index in [1.54, 1.807) is 41.3 Å². The third-order valence-electron chi connectivity index (χ3n) is 6.76. The van der Waals surface area contributed by atoms with E-state index in [0.717, 1.165) is 11.6 Å². The number of allylic oxidation sites excluding steroid dienone is 1. The van der Waals surface area contributed by atoms with Crippen molar-refractivity contribution < 1.29 is 19.5 Å². The first-order valence-electron chi connectivity index (χ1n) is 11.8. The SMILES string of the molecule is CC(C)[C@@H](NC(=O)C=CC(=O)c1ccccc1)C(=O)N1CC[C@](O)(c2ccc(Cl)cc2)C(C)(C)C1. The third-order valence-corrected chi connectivity index (χ3v) is 7.01. The molecule has 2 aromatic rings. The van der Waals surface area contributed by atoms with Crippen LogP contribution in [-0.2, 0) is 15.2 Å². The Balaban J connectivity index is 1.69. The van der Waals surface area contributed by atoms with E-state index in [9.17, 15) is 19.5 Å². The van der Waals surface area contributed by atoms with Gasteiger partial charge in [0.05, 0.1) is 5.60 Å². The fraction of sp³-hybridized carbons (Fsp3) is 0.393. The number of hydrogen-bond donors (Lipinski definition) is 2. The number of halogens is 1. The number of piperidine rings is 1. The zero-order chi connectivity index (χ0) is 25.8. The smallest absolute Gasteiger partial charge is 0.245 e. The molecule has 1 fully saturated rings. The van der Waals surface area contributed by atoms with Gasteiger partial charge in [-0.15, -0.1) is 0 Å². The average Bonchev–Trinajstić information content (AvgIpc) is 2.83. The summed E-state index contributed by atoms with van der Waals surface area (Å²) < 4.78 is 0. The summed E-state index contributed by atoms with van der Waals surface area (Å²) in [4.78, 5) is 39.9. The van der Waals surface area contributed by atoms with Crippen LogP contribution in [0, 0.1) is 11.3 Å². The topological polar surface area (TPSA) is 86.7 Å². The van der Waals surface area contributed by atoms with E-state index < -0.39 is 23.0 Å². The maximum atomic E-state index is 13.4. The molecule has 1 aliphatic heterocycles. The minimum absolute atomic E-state index is 0.162. The Hall–Kier alpha value is -2.96. The summed E-state index contributed by atoms with van der Waals surface area (Å²) in [5.41, 5.74) is -0.508. The van der Waals surface area contributed by atoms with Crippen LogP contribution in [0.1, 0.15) is 50.0 Å². The monoisotopic (exact) mass is 496 g/mol. The van der Waals surface area contributed by atoms with Gasteiger partial charge in [0.1, 0.15) is 6.04 Å². The quantitative estimate of drug-likeness (QED) is 0.440. The lowest BCUT2D eigenvalue weighted by Crippen LogP contribution is -2.60. The number of nitrogens with zero attached hydrogens (tertiary/aromatic N) is 1. The normalized spacial score (nSPS) is 20.6. The number of carbonyl (C=O) groups is 3. The number of benzene rings is 2. The van der Waals surface area contributed by atoms with Gasteiger partial charge in [0, 0.05) is 35.2 Å². The summed E-state index contributed by atoms with van der Waals surface area (Å²) in [7, 11) is 0.